The Morgan fingerprint density at radius 3 is 2.54 bits per heavy atom. The van der Waals surface area contributed by atoms with E-state index in [2.05, 4.69) is 31.9 Å². The van der Waals surface area contributed by atoms with Gasteiger partial charge >= 0.3 is 0 Å². The van der Waals surface area contributed by atoms with E-state index in [1.54, 1.807) is 24.3 Å². The molecular weight excluding hydrogens is 303 g/mol. The van der Waals surface area contributed by atoms with E-state index in [0.717, 1.165) is 0 Å². The molecule has 0 radical (unpaired) electrons. The van der Waals surface area contributed by atoms with Gasteiger partial charge < -0.3 is 4.74 Å². The number of ether oxygens (including phenoxy) is 1. The first kappa shape index (κ1) is 11.0. The summed E-state index contributed by atoms with van der Waals surface area (Å²) in [6.07, 6.45) is 0. The van der Waals surface area contributed by atoms with Crippen LogP contribution in [0, 0.1) is 0 Å². The fourth-order valence-electron chi connectivity index (χ4n) is 0.982. The van der Waals surface area contributed by atoms with Gasteiger partial charge in [-0.3, -0.25) is 0 Å². The highest BCUT2D eigenvalue weighted by Gasteiger charge is 2.27. The highest BCUT2D eigenvalue weighted by atomic mass is 79.9. The molecule has 0 N–H and O–H groups in total. The van der Waals surface area contributed by atoms with Crippen LogP contribution < -0.4 is 4.74 Å². The molecule has 1 aromatic carbocycles. The molecule has 0 amide bonds. The topological polar surface area (TPSA) is 9.23 Å². The first-order chi connectivity index (χ1) is 6.05. The van der Waals surface area contributed by atoms with Crippen molar-refractivity contribution in [1.29, 1.82) is 0 Å². The van der Waals surface area contributed by atoms with Crippen molar-refractivity contribution in [2.45, 2.75) is 10.4 Å². The molecule has 0 spiro atoms. The maximum atomic E-state index is 13.5. The first-order valence-corrected chi connectivity index (χ1v) is 5.43. The van der Waals surface area contributed by atoms with Crippen molar-refractivity contribution >= 4 is 31.9 Å². The van der Waals surface area contributed by atoms with Crippen LogP contribution in [0.2, 0.25) is 0 Å². The monoisotopic (exact) mass is 310 g/mol. The lowest BCUT2D eigenvalue weighted by Crippen LogP contribution is -2.04. The van der Waals surface area contributed by atoms with Crippen LogP contribution in [0.25, 0.3) is 0 Å². The predicted molar refractivity (Wildman–Crippen MR) is 58.3 cm³/mol. The zero-order chi connectivity index (χ0) is 9.90. The van der Waals surface area contributed by atoms with Crippen LogP contribution in [-0.2, 0) is 3.49 Å². The highest BCUT2D eigenvalue weighted by molar-refractivity contribution is 9.24. The van der Waals surface area contributed by atoms with Gasteiger partial charge in [-0.05, 0) is 44.8 Å². The maximum absolute atomic E-state index is 13.5. The second-order valence-corrected chi connectivity index (χ2v) is 5.68. The number of alkyl halides is 3. The molecule has 0 heterocycles. The molecule has 0 saturated carbocycles. The largest absolute Gasteiger partial charge is 0.493 e. The van der Waals surface area contributed by atoms with Gasteiger partial charge in [0.1, 0.15) is 5.75 Å². The fraction of sp³-hybridized carbons (Fsp3) is 0.333. The smallest absolute Gasteiger partial charge is 0.247 e. The van der Waals surface area contributed by atoms with Crippen molar-refractivity contribution in [3.8, 4) is 5.75 Å². The van der Waals surface area contributed by atoms with E-state index >= 15 is 0 Å². The summed E-state index contributed by atoms with van der Waals surface area (Å²) < 4.78 is 17.0. The molecule has 0 atom stereocenters. The molecule has 72 valence electrons. The summed E-state index contributed by atoms with van der Waals surface area (Å²) >= 11 is 5.75. The molecule has 0 fully saturated rings. The number of hydrogen-bond donors (Lipinski definition) is 0. The highest BCUT2D eigenvalue weighted by Crippen LogP contribution is 2.43. The van der Waals surface area contributed by atoms with Crippen LogP contribution >= 0.6 is 31.9 Å². The molecule has 0 aliphatic rings. The number of halogens is 3. The molecule has 0 unspecified atom stereocenters. The maximum Gasteiger partial charge on any atom is 0.247 e. The Bertz CT molecular complexity index is 283. The van der Waals surface area contributed by atoms with E-state index in [1.807, 2.05) is 6.92 Å². The van der Waals surface area contributed by atoms with Gasteiger partial charge in [0.15, 0.2) is 0 Å². The van der Waals surface area contributed by atoms with Gasteiger partial charge in [0.05, 0.1) is 12.2 Å². The summed E-state index contributed by atoms with van der Waals surface area (Å²) in [7, 11) is 0. The van der Waals surface area contributed by atoms with Crippen molar-refractivity contribution < 1.29 is 9.13 Å². The van der Waals surface area contributed by atoms with E-state index in [1.165, 1.54) is 0 Å². The Kier molecular flexibility index (Phi) is 3.74. The Balaban J connectivity index is 3.05. The van der Waals surface area contributed by atoms with Gasteiger partial charge in [0.2, 0.25) is 3.49 Å². The molecule has 1 nitrogen and oxygen atoms in total. The van der Waals surface area contributed by atoms with E-state index < -0.39 is 3.49 Å². The fourth-order valence-corrected chi connectivity index (χ4v) is 1.64. The summed E-state index contributed by atoms with van der Waals surface area (Å²) in [4.78, 5) is 0. The summed E-state index contributed by atoms with van der Waals surface area (Å²) in [6.45, 7) is 2.38. The quantitative estimate of drug-likeness (QED) is 0.768. The van der Waals surface area contributed by atoms with Gasteiger partial charge in [-0.1, -0.05) is 18.2 Å². The summed E-state index contributed by atoms with van der Waals surface area (Å²) in [5, 5.41) is 0. The molecule has 0 aliphatic heterocycles. The van der Waals surface area contributed by atoms with Crippen molar-refractivity contribution in [3.63, 3.8) is 0 Å². The summed E-state index contributed by atoms with van der Waals surface area (Å²) in [6, 6.07) is 6.96. The van der Waals surface area contributed by atoms with E-state index in [0.29, 0.717) is 17.9 Å². The van der Waals surface area contributed by atoms with E-state index in [-0.39, 0.29) is 0 Å². The van der Waals surface area contributed by atoms with E-state index in [4.69, 9.17) is 4.74 Å². The van der Waals surface area contributed by atoms with Crippen LogP contribution in [0.1, 0.15) is 12.5 Å². The lowest BCUT2D eigenvalue weighted by Gasteiger charge is -2.15. The van der Waals surface area contributed by atoms with Crippen LogP contribution in [-0.4, -0.2) is 6.61 Å². The lowest BCUT2D eigenvalue weighted by atomic mass is 10.2. The van der Waals surface area contributed by atoms with Crippen LogP contribution in [0.4, 0.5) is 4.39 Å². The zero-order valence-corrected chi connectivity index (χ0v) is 10.2. The van der Waals surface area contributed by atoms with Crippen molar-refractivity contribution in [1.82, 2.24) is 0 Å². The standard InChI is InChI=1S/C9H9Br2FO/c1-2-13-8-6-4-3-5-7(8)9(10,11)12/h3-6H,2H2,1H3. The predicted octanol–water partition coefficient (Wildman–Crippen LogP) is 3.95. The normalized spacial score (nSPS) is 11.4. The third-order valence-electron chi connectivity index (χ3n) is 1.49. The Morgan fingerprint density at radius 1 is 1.38 bits per heavy atom. The molecule has 13 heavy (non-hydrogen) atoms. The Hall–Kier alpha value is -0.0900. The minimum atomic E-state index is -1.72. The van der Waals surface area contributed by atoms with Crippen LogP contribution in [0.3, 0.4) is 0 Å². The number of para-hydroxylation sites is 1. The second kappa shape index (κ2) is 4.42. The average molecular weight is 312 g/mol. The van der Waals surface area contributed by atoms with Crippen LogP contribution in [0.5, 0.6) is 5.75 Å². The molecule has 4 heteroatoms. The third kappa shape index (κ3) is 2.95. The van der Waals surface area contributed by atoms with Crippen LogP contribution in [0.15, 0.2) is 24.3 Å². The molecular formula is C9H9Br2FO. The summed E-state index contributed by atoms with van der Waals surface area (Å²) in [5.41, 5.74) is 0.442. The minimum Gasteiger partial charge on any atom is -0.493 e. The molecule has 0 saturated heterocycles. The van der Waals surface area contributed by atoms with Gasteiger partial charge in [-0.2, -0.15) is 0 Å². The van der Waals surface area contributed by atoms with Gasteiger partial charge in [0.25, 0.3) is 0 Å². The van der Waals surface area contributed by atoms with Crippen molar-refractivity contribution in [3.05, 3.63) is 29.8 Å². The molecule has 0 aliphatic carbocycles. The molecule has 1 aromatic rings. The van der Waals surface area contributed by atoms with Gasteiger partial charge in [-0.15, -0.1) is 0 Å². The lowest BCUT2D eigenvalue weighted by molar-refractivity contribution is 0.326. The second-order valence-electron chi connectivity index (χ2n) is 2.43. The Morgan fingerprint density at radius 2 is 2.00 bits per heavy atom. The third-order valence-corrected chi connectivity index (χ3v) is 2.35. The van der Waals surface area contributed by atoms with Crippen molar-refractivity contribution in [2.24, 2.45) is 0 Å². The molecule has 0 bridgehead atoms. The summed E-state index contributed by atoms with van der Waals surface area (Å²) in [5.74, 6) is 0.543. The number of benzene rings is 1. The van der Waals surface area contributed by atoms with Gasteiger partial charge in [0, 0.05) is 0 Å². The molecule has 0 aromatic heterocycles. The number of rotatable bonds is 3. The average Bonchev–Trinajstić information content (AvgIpc) is 2.04. The molecule has 1 rings (SSSR count). The zero-order valence-electron chi connectivity index (χ0n) is 7.06. The Labute approximate surface area is 93.5 Å². The first-order valence-electron chi connectivity index (χ1n) is 3.84. The van der Waals surface area contributed by atoms with Gasteiger partial charge in [-0.25, -0.2) is 4.39 Å². The van der Waals surface area contributed by atoms with E-state index in [9.17, 15) is 4.39 Å². The number of hydrogen-bond acceptors (Lipinski definition) is 1. The minimum absolute atomic E-state index is 0.442. The van der Waals surface area contributed by atoms with Crippen molar-refractivity contribution in [2.75, 3.05) is 6.61 Å². The SMILES string of the molecule is CCOc1ccccc1C(F)(Br)Br.